The molecule has 0 N–H and O–H groups in total. The molecule has 0 saturated heterocycles. The third-order valence-electron chi connectivity index (χ3n) is 0.955. The van der Waals surface area contributed by atoms with Gasteiger partial charge in [-0.3, -0.25) is 0 Å². The molecule has 1 rings (SSSR count). The number of nitrogens with zero attached hydrogens (tertiary/aromatic N) is 1. The maximum absolute atomic E-state index is 4.11. The van der Waals surface area contributed by atoms with Gasteiger partial charge in [0.1, 0.15) is 0 Å². The Hall–Kier alpha value is -0.188. The molecule has 0 aliphatic rings. The van der Waals surface area contributed by atoms with Crippen LogP contribution in [0.1, 0.15) is 5.69 Å². The van der Waals surface area contributed by atoms with E-state index in [2.05, 4.69) is 8.62 Å². The molecule has 9 heavy (non-hydrogen) atoms. The Morgan fingerprint density at radius 2 is 2.33 bits per heavy atom. The van der Waals surface area contributed by atoms with Crippen LogP contribution in [0.4, 0.5) is 0 Å². The first-order chi connectivity index (χ1) is 4.43. The summed E-state index contributed by atoms with van der Waals surface area (Å²) in [4.78, 5) is 4.11. The molecule has 0 radical (unpaired) electrons. The van der Waals surface area contributed by atoms with Crippen LogP contribution in [0.25, 0.3) is 6.08 Å². The standard InChI is InChI=1S/C7H6N.Tl/c1-2-7-5-3-4-6-8-7;/h1-6H;. The average Bonchev–Trinajstić information content (AvgIpc) is 1.91. The Balaban J connectivity index is 2.85. The van der Waals surface area contributed by atoms with E-state index >= 15 is 0 Å². The van der Waals surface area contributed by atoms with Gasteiger partial charge in [0.25, 0.3) is 0 Å². The van der Waals surface area contributed by atoms with Gasteiger partial charge in [-0.2, -0.15) is 0 Å². The molecule has 0 fully saturated rings. The summed E-state index contributed by atoms with van der Waals surface area (Å²) in [6.45, 7) is 0. The Morgan fingerprint density at radius 1 is 1.44 bits per heavy atom. The van der Waals surface area contributed by atoms with E-state index in [0.29, 0.717) is 0 Å². The van der Waals surface area contributed by atoms with Gasteiger partial charge in [-0.05, 0) is 0 Å². The van der Waals surface area contributed by atoms with Crippen molar-refractivity contribution in [3.63, 3.8) is 0 Å². The Labute approximate surface area is 70.5 Å². The van der Waals surface area contributed by atoms with Crippen molar-refractivity contribution in [3.8, 4) is 0 Å². The molecule has 0 bridgehead atoms. The number of aromatic nitrogens is 1. The molecular formula is C7H6NTl. The fourth-order valence-electron chi connectivity index (χ4n) is 0.573. The van der Waals surface area contributed by atoms with E-state index in [9.17, 15) is 0 Å². The molecule has 1 aromatic heterocycles. The van der Waals surface area contributed by atoms with E-state index in [1.165, 1.54) is 0 Å². The summed E-state index contributed by atoms with van der Waals surface area (Å²) < 4.78 is 2.14. The molecule has 1 aromatic rings. The summed E-state index contributed by atoms with van der Waals surface area (Å²) in [6.07, 6.45) is 3.85. The van der Waals surface area contributed by atoms with Gasteiger partial charge in [0, 0.05) is 0 Å². The normalized spacial score (nSPS) is 10.1. The van der Waals surface area contributed by atoms with Crippen molar-refractivity contribution >= 4 is 31.8 Å². The average molecular weight is 309 g/mol. The quantitative estimate of drug-likeness (QED) is 0.711. The first-order valence-corrected chi connectivity index (χ1v) is 5.32. The van der Waals surface area contributed by atoms with Crippen molar-refractivity contribution in [2.75, 3.05) is 0 Å². The van der Waals surface area contributed by atoms with Gasteiger partial charge in [0.2, 0.25) is 0 Å². The van der Waals surface area contributed by atoms with Gasteiger partial charge in [-0.25, -0.2) is 0 Å². The van der Waals surface area contributed by atoms with E-state index in [4.69, 9.17) is 0 Å². The van der Waals surface area contributed by atoms with Gasteiger partial charge < -0.3 is 0 Å². The fourth-order valence-corrected chi connectivity index (χ4v) is 1.34. The molecule has 0 aromatic carbocycles. The third-order valence-corrected chi connectivity index (χ3v) is 1.70. The predicted octanol–water partition coefficient (Wildman–Crippen LogP) is 1.22. The first kappa shape index (κ1) is 6.93. The minimum atomic E-state index is 0.928. The Morgan fingerprint density at radius 3 is 2.89 bits per heavy atom. The van der Waals surface area contributed by atoms with Crippen molar-refractivity contribution in [3.05, 3.63) is 33.7 Å². The van der Waals surface area contributed by atoms with E-state index in [1.807, 2.05) is 24.3 Å². The molecule has 1 heterocycles. The Kier molecular flexibility index (Phi) is 2.90. The van der Waals surface area contributed by atoms with E-state index < -0.39 is 0 Å². The summed E-state index contributed by atoms with van der Waals surface area (Å²) in [5.74, 6) is 0. The second kappa shape index (κ2) is 3.77. The van der Waals surface area contributed by atoms with Crippen LogP contribution in [0.2, 0.25) is 0 Å². The summed E-state index contributed by atoms with van der Waals surface area (Å²) >= 11 is 0.928. The molecule has 0 amide bonds. The minimum absolute atomic E-state index is 0.928. The summed E-state index contributed by atoms with van der Waals surface area (Å²) in [5.41, 5.74) is 1.06. The van der Waals surface area contributed by atoms with Gasteiger partial charge in [0.15, 0.2) is 0 Å². The molecule has 0 aliphatic carbocycles. The van der Waals surface area contributed by atoms with Gasteiger partial charge in [-0.1, -0.05) is 0 Å². The zero-order valence-corrected chi connectivity index (χ0v) is 9.48. The van der Waals surface area contributed by atoms with Crippen LogP contribution < -0.4 is 0 Å². The van der Waals surface area contributed by atoms with E-state index in [1.54, 1.807) is 6.20 Å². The summed E-state index contributed by atoms with van der Waals surface area (Å²) in [6, 6.07) is 5.92. The Bertz CT molecular complexity index is 193. The molecule has 0 unspecified atom stereocenters. The van der Waals surface area contributed by atoms with E-state index in [-0.39, 0.29) is 0 Å². The number of rotatable bonds is 1. The molecular weight excluding hydrogens is 302 g/mol. The fraction of sp³-hybridized carbons (Fsp3) is 0. The SMILES string of the molecule is [Tl]/[CH]=C/c1ccccn1. The van der Waals surface area contributed by atoms with Crippen molar-refractivity contribution in [2.45, 2.75) is 0 Å². The molecule has 0 saturated carbocycles. The van der Waals surface area contributed by atoms with Crippen molar-refractivity contribution in [1.82, 2.24) is 4.98 Å². The summed E-state index contributed by atoms with van der Waals surface area (Å²) in [7, 11) is 0. The maximum atomic E-state index is 4.11. The van der Waals surface area contributed by atoms with Gasteiger partial charge in [0.05, 0.1) is 0 Å². The molecule has 42 valence electrons. The van der Waals surface area contributed by atoms with Crippen LogP contribution in [0.3, 0.4) is 0 Å². The van der Waals surface area contributed by atoms with Crippen LogP contribution in [-0.4, -0.2) is 30.8 Å². The molecule has 0 atom stereocenters. The van der Waals surface area contributed by atoms with Crippen LogP contribution >= 0.6 is 0 Å². The van der Waals surface area contributed by atoms with Crippen LogP contribution in [-0.2, 0) is 0 Å². The number of hydrogen-bond acceptors (Lipinski definition) is 1. The van der Waals surface area contributed by atoms with Crippen molar-refractivity contribution in [1.29, 1.82) is 0 Å². The van der Waals surface area contributed by atoms with Gasteiger partial charge >= 0.3 is 70.6 Å². The monoisotopic (exact) mass is 309 g/mol. The number of pyridine rings is 1. The van der Waals surface area contributed by atoms with E-state index in [0.717, 1.165) is 31.5 Å². The molecule has 0 aliphatic heterocycles. The zero-order valence-electron chi connectivity index (χ0n) is 4.99. The summed E-state index contributed by atoms with van der Waals surface area (Å²) in [5, 5.41) is 0. The molecule has 2 heteroatoms. The topological polar surface area (TPSA) is 12.9 Å². The van der Waals surface area contributed by atoms with Gasteiger partial charge in [-0.15, -0.1) is 0 Å². The van der Waals surface area contributed by atoms with Crippen LogP contribution in [0, 0.1) is 0 Å². The second-order valence-electron chi connectivity index (χ2n) is 1.61. The second-order valence-corrected chi connectivity index (χ2v) is 3.11. The molecule has 1 nitrogen and oxygen atoms in total. The predicted molar refractivity (Wildman–Crippen MR) is 39.0 cm³/mol. The first-order valence-electron chi connectivity index (χ1n) is 2.73. The van der Waals surface area contributed by atoms with Crippen molar-refractivity contribution < 1.29 is 0 Å². The molecule has 0 spiro atoms. The van der Waals surface area contributed by atoms with Crippen LogP contribution in [0.15, 0.2) is 28.0 Å². The van der Waals surface area contributed by atoms with Crippen LogP contribution in [0.5, 0.6) is 0 Å². The zero-order chi connectivity index (χ0) is 6.53. The van der Waals surface area contributed by atoms with Crippen molar-refractivity contribution in [2.24, 2.45) is 0 Å². The number of hydrogen-bond donors (Lipinski definition) is 0. The third kappa shape index (κ3) is 2.26.